The van der Waals surface area contributed by atoms with Gasteiger partial charge < -0.3 is 10.2 Å². The lowest BCUT2D eigenvalue weighted by molar-refractivity contribution is 0.177. The van der Waals surface area contributed by atoms with Crippen molar-refractivity contribution in [3.05, 3.63) is 0 Å². The summed E-state index contributed by atoms with van der Waals surface area (Å²) in [7, 11) is 2.13. The topological polar surface area (TPSA) is 15.3 Å². The molecule has 1 aliphatic carbocycles. The molecular weight excluding hydrogens is 220 g/mol. The van der Waals surface area contributed by atoms with E-state index in [1.807, 2.05) is 0 Å². The zero-order chi connectivity index (χ0) is 13.8. The fraction of sp³-hybridized carbons (Fsp3) is 1.00. The molecule has 0 amide bonds. The molecule has 3 atom stereocenters. The molecule has 1 N–H and O–H groups in total. The molecular formula is C16H34N2. The van der Waals surface area contributed by atoms with Gasteiger partial charge in [-0.15, -0.1) is 0 Å². The highest BCUT2D eigenvalue weighted by molar-refractivity contribution is 4.96. The highest BCUT2D eigenvalue weighted by Crippen LogP contribution is 2.41. The van der Waals surface area contributed by atoms with Crippen LogP contribution in [0.4, 0.5) is 0 Å². The summed E-state index contributed by atoms with van der Waals surface area (Å²) in [4.78, 5) is 2.66. The van der Waals surface area contributed by atoms with E-state index in [0.29, 0.717) is 11.5 Å². The molecule has 0 aromatic heterocycles. The Hall–Kier alpha value is -0.0800. The third kappa shape index (κ3) is 3.96. The van der Waals surface area contributed by atoms with Gasteiger partial charge in [-0.05, 0) is 43.7 Å². The third-order valence-corrected chi connectivity index (χ3v) is 4.99. The molecule has 2 heteroatoms. The van der Waals surface area contributed by atoms with Gasteiger partial charge in [0.2, 0.25) is 0 Å². The van der Waals surface area contributed by atoms with Gasteiger partial charge in [0.15, 0.2) is 0 Å². The van der Waals surface area contributed by atoms with Crippen molar-refractivity contribution in [3.8, 4) is 0 Å². The molecule has 18 heavy (non-hydrogen) atoms. The van der Waals surface area contributed by atoms with Crippen molar-refractivity contribution in [3.63, 3.8) is 0 Å². The molecule has 0 saturated heterocycles. The molecule has 1 saturated carbocycles. The fourth-order valence-electron chi connectivity index (χ4n) is 3.58. The van der Waals surface area contributed by atoms with Crippen LogP contribution in [0.3, 0.4) is 0 Å². The van der Waals surface area contributed by atoms with Crippen LogP contribution in [-0.2, 0) is 0 Å². The first-order chi connectivity index (χ1) is 8.44. The van der Waals surface area contributed by atoms with E-state index < -0.39 is 0 Å². The summed E-state index contributed by atoms with van der Waals surface area (Å²) in [5, 5.41) is 3.57. The maximum Gasteiger partial charge on any atom is 0.0156 e. The predicted molar refractivity (Wildman–Crippen MR) is 80.9 cm³/mol. The van der Waals surface area contributed by atoms with Crippen LogP contribution in [0.2, 0.25) is 0 Å². The van der Waals surface area contributed by atoms with Crippen molar-refractivity contribution >= 4 is 0 Å². The molecule has 3 unspecified atom stereocenters. The quantitative estimate of drug-likeness (QED) is 0.749. The van der Waals surface area contributed by atoms with E-state index in [1.54, 1.807) is 0 Å². The summed E-state index contributed by atoms with van der Waals surface area (Å²) in [6, 6.07) is 0.684. The average Bonchev–Trinajstić information content (AvgIpc) is 2.62. The third-order valence-electron chi connectivity index (χ3n) is 4.99. The van der Waals surface area contributed by atoms with E-state index in [0.717, 1.165) is 11.8 Å². The first-order valence-electron chi connectivity index (χ1n) is 7.84. The molecule has 0 bridgehead atoms. The van der Waals surface area contributed by atoms with Gasteiger partial charge in [-0.25, -0.2) is 0 Å². The molecule has 0 radical (unpaired) electrons. The van der Waals surface area contributed by atoms with E-state index >= 15 is 0 Å². The van der Waals surface area contributed by atoms with Crippen molar-refractivity contribution in [1.29, 1.82) is 0 Å². The Morgan fingerprint density at radius 2 is 2.00 bits per heavy atom. The smallest absolute Gasteiger partial charge is 0.0156 e. The number of hydrogen-bond acceptors (Lipinski definition) is 2. The maximum atomic E-state index is 3.57. The largest absolute Gasteiger partial charge is 0.316 e. The fourth-order valence-corrected chi connectivity index (χ4v) is 3.58. The zero-order valence-electron chi connectivity index (χ0n) is 13.4. The number of rotatable bonds is 7. The molecule has 1 rings (SSSR count). The minimum Gasteiger partial charge on any atom is -0.316 e. The Balaban J connectivity index is 2.54. The Morgan fingerprint density at radius 3 is 2.50 bits per heavy atom. The molecule has 0 aliphatic heterocycles. The van der Waals surface area contributed by atoms with E-state index in [2.05, 4.69) is 51.9 Å². The molecule has 108 valence electrons. The number of nitrogens with one attached hydrogen (secondary N) is 1. The Bertz CT molecular complexity index is 237. The number of nitrogens with zero attached hydrogens (tertiary/aromatic N) is 1. The van der Waals surface area contributed by atoms with Gasteiger partial charge in [0.05, 0.1) is 0 Å². The van der Waals surface area contributed by atoms with Crippen molar-refractivity contribution in [2.45, 2.75) is 59.9 Å². The van der Waals surface area contributed by atoms with Crippen LogP contribution in [0, 0.1) is 17.3 Å². The molecule has 1 aliphatic rings. The van der Waals surface area contributed by atoms with Crippen LogP contribution < -0.4 is 5.32 Å². The highest BCUT2D eigenvalue weighted by atomic mass is 15.1. The second kappa shape index (κ2) is 6.91. The first kappa shape index (κ1) is 16.0. The average molecular weight is 254 g/mol. The molecule has 1 fully saturated rings. The molecule has 0 spiro atoms. The van der Waals surface area contributed by atoms with E-state index in [9.17, 15) is 0 Å². The Labute approximate surface area is 115 Å². The van der Waals surface area contributed by atoms with Gasteiger partial charge in [-0.3, -0.25) is 0 Å². The van der Waals surface area contributed by atoms with Gasteiger partial charge in [0.25, 0.3) is 0 Å². The SMILES string of the molecule is CCC(C)CN(CC)CC1CCC(C)(C)C1NC. The van der Waals surface area contributed by atoms with Crippen LogP contribution in [0.15, 0.2) is 0 Å². The van der Waals surface area contributed by atoms with E-state index in [-0.39, 0.29) is 0 Å². The highest BCUT2D eigenvalue weighted by Gasteiger charge is 2.41. The lowest BCUT2D eigenvalue weighted by Crippen LogP contribution is -2.44. The molecule has 2 nitrogen and oxygen atoms in total. The summed E-state index contributed by atoms with van der Waals surface area (Å²) >= 11 is 0. The Kier molecular flexibility index (Phi) is 6.13. The molecule has 0 aromatic rings. The monoisotopic (exact) mass is 254 g/mol. The molecule has 0 aromatic carbocycles. The normalized spacial score (nSPS) is 28.8. The first-order valence-corrected chi connectivity index (χ1v) is 7.84. The van der Waals surface area contributed by atoms with Crippen molar-refractivity contribution in [2.24, 2.45) is 17.3 Å². The summed E-state index contributed by atoms with van der Waals surface area (Å²) in [5.74, 6) is 1.65. The van der Waals surface area contributed by atoms with Crippen molar-refractivity contribution in [2.75, 3.05) is 26.7 Å². The minimum absolute atomic E-state index is 0.467. The standard InChI is InChI=1S/C16H34N2/c1-7-13(3)11-18(8-2)12-14-9-10-16(4,5)15(14)17-6/h13-15,17H,7-12H2,1-6H3. The summed E-state index contributed by atoms with van der Waals surface area (Å²) < 4.78 is 0. The van der Waals surface area contributed by atoms with E-state index in [4.69, 9.17) is 0 Å². The lowest BCUT2D eigenvalue weighted by atomic mass is 9.85. The Morgan fingerprint density at radius 1 is 1.33 bits per heavy atom. The van der Waals surface area contributed by atoms with Crippen LogP contribution in [0.5, 0.6) is 0 Å². The van der Waals surface area contributed by atoms with Crippen molar-refractivity contribution in [1.82, 2.24) is 10.2 Å². The van der Waals surface area contributed by atoms with Crippen LogP contribution >= 0.6 is 0 Å². The summed E-state index contributed by atoms with van der Waals surface area (Å²) in [5.41, 5.74) is 0.467. The second-order valence-electron chi connectivity index (χ2n) is 6.92. The van der Waals surface area contributed by atoms with Gasteiger partial charge in [-0.1, -0.05) is 41.0 Å². The predicted octanol–water partition coefficient (Wildman–Crippen LogP) is 3.38. The van der Waals surface area contributed by atoms with Crippen LogP contribution in [-0.4, -0.2) is 37.6 Å². The lowest BCUT2D eigenvalue weighted by Gasteiger charge is -2.34. The van der Waals surface area contributed by atoms with Gasteiger partial charge in [0.1, 0.15) is 0 Å². The number of hydrogen-bond donors (Lipinski definition) is 1. The summed E-state index contributed by atoms with van der Waals surface area (Å²) in [6.07, 6.45) is 4.04. The minimum atomic E-state index is 0.467. The summed E-state index contributed by atoms with van der Waals surface area (Å²) in [6.45, 7) is 15.5. The van der Waals surface area contributed by atoms with Crippen molar-refractivity contribution < 1.29 is 0 Å². The maximum absolute atomic E-state index is 3.57. The van der Waals surface area contributed by atoms with Gasteiger partial charge >= 0.3 is 0 Å². The van der Waals surface area contributed by atoms with Gasteiger partial charge in [0, 0.05) is 19.1 Å². The van der Waals surface area contributed by atoms with E-state index in [1.165, 1.54) is 38.9 Å². The van der Waals surface area contributed by atoms with Crippen LogP contribution in [0.1, 0.15) is 53.9 Å². The van der Waals surface area contributed by atoms with Crippen LogP contribution in [0.25, 0.3) is 0 Å². The van der Waals surface area contributed by atoms with Gasteiger partial charge in [-0.2, -0.15) is 0 Å². The second-order valence-corrected chi connectivity index (χ2v) is 6.92. The zero-order valence-corrected chi connectivity index (χ0v) is 13.4. The molecule has 0 heterocycles.